The van der Waals surface area contributed by atoms with E-state index in [1.54, 1.807) is 24.3 Å². The standard InChI is InChI=1S/C21H20FN3O5S/c1-29-21(26)17-7-2-3-8-18(17)31(27,28)25-11-9-14(10-12-25)19-23-20(30-24-19)15-5-4-6-16(22)13-15/h2-8,13-14H,9-12H2,1H3. The van der Waals surface area contributed by atoms with Gasteiger partial charge in [0.1, 0.15) is 5.82 Å². The second kappa shape index (κ2) is 8.56. The Balaban J connectivity index is 1.49. The van der Waals surface area contributed by atoms with Crippen molar-refractivity contribution in [1.82, 2.24) is 14.4 Å². The van der Waals surface area contributed by atoms with Crippen molar-refractivity contribution >= 4 is 16.0 Å². The van der Waals surface area contributed by atoms with Crippen LogP contribution in [-0.4, -0.2) is 49.0 Å². The van der Waals surface area contributed by atoms with Gasteiger partial charge >= 0.3 is 5.97 Å². The lowest BCUT2D eigenvalue weighted by Gasteiger charge is -2.30. The zero-order chi connectivity index (χ0) is 22.0. The minimum absolute atomic E-state index is 0.00465. The van der Waals surface area contributed by atoms with Crippen LogP contribution < -0.4 is 0 Å². The zero-order valence-corrected chi connectivity index (χ0v) is 17.5. The summed E-state index contributed by atoms with van der Waals surface area (Å²) in [5, 5.41) is 4.00. The molecular weight excluding hydrogens is 425 g/mol. The molecule has 2 aromatic carbocycles. The van der Waals surface area contributed by atoms with Crippen molar-refractivity contribution in [2.45, 2.75) is 23.7 Å². The molecule has 0 atom stereocenters. The van der Waals surface area contributed by atoms with Crippen molar-refractivity contribution in [3.63, 3.8) is 0 Å². The van der Waals surface area contributed by atoms with Crippen molar-refractivity contribution in [1.29, 1.82) is 0 Å². The number of rotatable bonds is 5. The molecule has 0 radical (unpaired) electrons. The highest BCUT2D eigenvalue weighted by atomic mass is 32.2. The Morgan fingerprint density at radius 1 is 1.16 bits per heavy atom. The van der Waals surface area contributed by atoms with E-state index in [0.717, 1.165) is 0 Å². The maximum Gasteiger partial charge on any atom is 0.339 e. The molecule has 8 nitrogen and oxygen atoms in total. The topological polar surface area (TPSA) is 103 Å². The first kappa shape index (κ1) is 21.1. The number of benzene rings is 2. The first-order valence-corrected chi connectivity index (χ1v) is 11.1. The summed E-state index contributed by atoms with van der Waals surface area (Å²) in [6, 6.07) is 11.9. The van der Waals surface area contributed by atoms with Gasteiger partial charge in [0.2, 0.25) is 10.0 Å². The van der Waals surface area contributed by atoms with E-state index in [9.17, 15) is 17.6 Å². The quantitative estimate of drug-likeness (QED) is 0.556. The predicted molar refractivity (Wildman–Crippen MR) is 108 cm³/mol. The summed E-state index contributed by atoms with van der Waals surface area (Å²) >= 11 is 0. The van der Waals surface area contributed by atoms with Crippen molar-refractivity contribution in [2.75, 3.05) is 20.2 Å². The smallest absolute Gasteiger partial charge is 0.339 e. The van der Waals surface area contributed by atoms with Gasteiger partial charge in [-0.2, -0.15) is 9.29 Å². The average molecular weight is 445 g/mol. The summed E-state index contributed by atoms with van der Waals surface area (Å²) in [4.78, 5) is 16.3. The van der Waals surface area contributed by atoms with E-state index in [2.05, 4.69) is 10.1 Å². The number of esters is 1. The van der Waals surface area contributed by atoms with Crippen molar-refractivity contribution in [3.8, 4) is 11.5 Å². The fourth-order valence-electron chi connectivity index (χ4n) is 3.60. The van der Waals surface area contributed by atoms with Gasteiger partial charge in [-0.3, -0.25) is 0 Å². The molecule has 0 saturated carbocycles. The number of hydrogen-bond donors (Lipinski definition) is 0. The Bertz CT molecular complexity index is 1200. The maximum atomic E-state index is 13.4. The number of piperidine rings is 1. The molecule has 4 rings (SSSR count). The highest BCUT2D eigenvalue weighted by molar-refractivity contribution is 7.89. The van der Waals surface area contributed by atoms with Crippen LogP contribution in [0.1, 0.15) is 34.9 Å². The molecule has 162 valence electrons. The third kappa shape index (κ3) is 4.21. The van der Waals surface area contributed by atoms with Crippen LogP contribution in [0.4, 0.5) is 4.39 Å². The molecule has 0 N–H and O–H groups in total. The van der Waals surface area contributed by atoms with Gasteiger partial charge in [0, 0.05) is 24.6 Å². The number of sulfonamides is 1. The van der Waals surface area contributed by atoms with Crippen molar-refractivity contribution in [2.24, 2.45) is 0 Å². The summed E-state index contributed by atoms with van der Waals surface area (Å²) in [6.45, 7) is 0.485. The third-order valence-electron chi connectivity index (χ3n) is 5.24. The number of nitrogens with zero attached hydrogens (tertiary/aromatic N) is 3. The Hall–Kier alpha value is -3.11. The highest BCUT2D eigenvalue weighted by Crippen LogP contribution is 2.31. The van der Waals surface area contributed by atoms with Crippen LogP contribution in [0.3, 0.4) is 0 Å². The van der Waals surface area contributed by atoms with Crippen LogP contribution in [0, 0.1) is 5.82 Å². The fourth-order valence-corrected chi connectivity index (χ4v) is 5.25. The Morgan fingerprint density at radius 3 is 2.61 bits per heavy atom. The van der Waals surface area contributed by atoms with E-state index >= 15 is 0 Å². The molecule has 0 aliphatic carbocycles. The summed E-state index contributed by atoms with van der Waals surface area (Å²) in [5.41, 5.74) is 0.489. The van der Waals surface area contributed by atoms with E-state index in [-0.39, 0.29) is 35.4 Å². The Kier molecular flexibility index (Phi) is 5.84. The molecule has 0 unspecified atom stereocenters. The van der Waals surface area contributed by atoms with Gasteiger partial charge in [0.15, 0.2) is 5.82 Å². The first-order valence-electron chi connectivity index (χ1n) is 9.67. The molecule has 0 amide bonds. The highest BCUT2D eigenvalue weighted by Gasteiger charge is 2.34. The van der Waals surface area contributed by atoms with Gasteiger partial charge in [-0.05, 0) is 43.2 Å². The zero-order valence-electron chi connectivity index (χ0n) is 16.7. The molecule has 1 saturated heterocycles. The van der Waals surface area contributed by atoms with E-state index in [0.29, 0.717) is 24.2 Å². The van der Waals surface area contributed by atoms with Gasteiger partial charge in [0.25, 0.3) is 5.89 Å². The second-order valence-electron chi connectivity index (χ2n) is 7.13. The number of aromatic nitrogens is 2. The summed E-state index contributed by atoms with van der Waals surface area (Å²) in [6.07, 6.45) is 0.976. The number of ether oxygens (including phenoxy) is 1. The number of carbonyl (C=O) groups excluding carboxylic acids is 1. The average Bonchev–Trinajstić information content (AvgIpc) is 3.29. The minimum Gasteiger partial charge on any atom is -0.465 e. The molecule has 0 bridgehead atoms. The molecule has 31 heavy (non-hydrogen) atoms. The lowest BCUT2D eigenvalue weighted by atomic mass is 9.97. The van der Waals surface area contributed by atoms with Gasteiger partial charge in [0.05, 0.1) is 17.6 Å². The van der Waals surface area contributed by atoms with E-state index in [1.165, 1.54) is 35.7 Å². The molecule has 1 aliphatic rings. The monoisotopic (exact) mass is 445 g/mol. The molecule has 1 aliphatic heterocycles. The van der Waals surface area contributed by atoms with E-state index in [4.69, 9.17) is 9.26 Å². The van der Waals surface area contributed by atoms with Crippen molar-refractivity contribution in [3.05, 3.63) is 65.7 Å². The Labute approximate surface area is 178 Å². The fraction of sp³-hybridized carbons (Fsp3) is 0.286. The summed E-state index contributed by atoms with van der Waals surface area (Å²) in [5.74, 6) is -0.509. The van der Waals surface area contributed by atoms with Crippen LogP contribution in [-0.2, 0) is 14.8 Å². The first-order chi connectivity index (χ1) is 14.9. The molecule has 1 aromatic heterocycles. The summed E-state index contributed by atoms with van der Waals surface area (Å²) < 4.78 is 51.0. The number of hydrogen-bond acceptors (Lipinski definition) is 7. The van der Waals surface area contributed by atoms with Crippen LogP contribution in [0.25, 0.3) is 11.5 Å². The summed E-state index contributed by atoms with van der Waals surface area (Å²) in [7, 11) is -2.66. The van der Waals surface area contributed by atoms with Gasteiger partial charge in [-0.1, -0.05) is 23.4 Å². The SMILES string of the molecule is COC(=O)c1ccccc1S(=O)(=O)N1CCC(c2noc(-c3cccc(F)c3)n2)CC1. The van der Waals surface area contributed by atoms with Crippen molar-refractivity contribution < 1.29 is 26.9 Å². The molecular formula is C21H20FN3O5S. The molecule has 1 fully saturated rings. The predicted octanol–water partition coefficient (Wildman–Crippen LogP) is 3.23. The lowest BCUT2D eigenvalue weighted by molar-refractivity contribution is 0.0596. The number of carbonyl (C=O) groups is 1. The maximum absolute atomic E-state index is 13.4. The molecule has 2 heterocycles. The third-order valence-corrected chi connectivity index (χ3v) is 7.20. The van der Waals surface area contributed by atoms with Crippen LogP contribution >= 0.6 is 0 Å². The second-order valence-corrected chi connectivity index (χ2v) is 9.04. The minimum atomic E-state index is -3.87. The van der Waals surface area contributed by atoms with Gasteiger partial charge < -0.3 is 9.26 Å². The van der Waals surface area contributed by atoms with Crippen LogP contribution in [0.15, 0.2) is 57.9 Å². The molecule has 3 aromatic rings. The number of halogens is 1. The largest absolute Gasteiger partial charge is 0.465 e. The van der Waals surface area contributed by atoms with E-state index < -0.39 is 21.8 Å². The number of methoxy groups -OCH3 is 1. The molecule has 10 heteroatoms. The Morgan fingerprint density at radius 2 is 1.90 bits per heavy atom. The van der Waals surface area contributed by atoms with Gasteiger partial charge in [-0.15, -0.1) is 0 Å². The normalized spacial score (nSPS) is 15.7. The van der Waals surface area contributed by atoms with Gasteiger partial charge in [-0.25, -0.2) is 17.6 Å². The molecule has 0 spiro atoms. The van der Waals surface area contributed by atoms with E-state index in [1.807, 2.05) is 0 Å². The lowest BCUT2D eigenvalue weighted by Crippen LogP contribution is -2.38. The van der Waals surface area contributed by atoms with Crippen LogP contribution in [0.2, 0.25) is 0 Å². The van der Waals surface area contributed by atoms with Crippen LogP contribution in [0.5, 0.6) is 0 Å².